The summed E-state index contributed by atoms with van der Waals surface area (Å²) in [7, 11) is 1.88. The van der Waals surface area contributed by atoms with Gasteiger partial charge in [-0.1, -0.05) is 0 Å². The monoisotopic (exact) mass is 219 g/mol. The number of hydrogen-bond donors (Lipinski definition) is 0. The molecule has 16 heavy (non-hydrogen) atoms. The normalized spacial score (nSPS) is 10.4. The van der Waals surface area contributed by atoms with E-state index in [1.165, 1.54) is 0 Å². The lowest BCUT2D eigenvalue weighted by molar-refractivity contribution is 0.110. The lowest BCUT2D eigenvalue weighted by Gasteiger charge is -2.13. The van der Waals surface area contributed by atoms with Gasteiger partial charge in [0.25, 0.3) is 0 Å². The Bertz CT molecular complexity index is 484. The number of hydrogen-bond acceptors (Lipinski definition) is 4. The summed E-state index contributed by atoms with van der Waals surface area (Å²) in [5.41, 5.74) is 0. The molecule has 0 saturated heterocycles. The van der Waals surface area contributed by atoms with Crippen molar-refractivity contribution in [2.24, 2.45) is 0 Å². The molecule has 0 amide bonds. The van der Waals surface area contributed by atoms with Gasteiger partial charge in [0.15, 0.2) is 17.9 Å². The van der Waals surface area contributed by atoms with Crippen LogP contribution in [0.5, 0.6) is 0 Å². The van der Waals surface area contributed by atoms with Crippen molar-refractivity contribution in [2.75, 3.05) is 11.9 Å². The lowest BCUT2D eigenvalue weighted by Crippen LogP contribution is -2.14. The topological polar surface area (TPSA) is 46.6 Å². The molecule has 0 saturated carbocycles. The Labute approximate surface area is 93.5 Å². The van der Waals surface area contributed by atoms with E-state index in [-0.39, 0.29) is 0 Å². The van der Waals surface area contributed by atoms with Gasteiger partial charge < -0.3 is 13.7 Å². The van der Waals surface area contributed by atoms with Crippen LogP contribution in [0, 0.1) is 6.92 Å². The number of carbonyl (C=O) groups excluding carboxylic acids is 1. The molecule has 0 atom stereocenters. The Morgan fingerprint density at radius 3 is 2.62 bits per heavy atom. The first-order valence-electron chi connectivity index (χ1n) is 5.00. The van der Waals surface area contributed by atoms with E-state index in [0.29, 0.717) is 24.5 Å². The Kier molecular flexibility index (Phi) is 2.81. The Morgan fingerprint density at radius 1 is 1.25 bits per heavy atom. The Hall–Kier alpha value is -1.97. The minimum atomic E-state index is 0.331. The average molecular weight is 219 g/mol. The second-order valence-corrected chi connectivity index (χ2v) is 3.66. The van der Waals surface area contributed by atoms with Crippen molar-refractivity contribution in [2.45, 2.75) is 13.5 Å². The van der Waals surface area contributed by atoms with E-state index in [0.717, 1.165) is 11.5 Å². The average Bonchev–Trinajstić information content (AvgIpc) is 2.87. The molecule has 0 spiro atoms. The third kappa shape index (κ3) is 2.16. The second kappa shape index (κ2) is 4.26. The van der Waals surface area contributed by atoms with Crippen molar-refractivity contribution in [3.8, 4) is 0 Å². The van der Waals surface area contributed by atoms with Crippen molar-refractivity contribution in [3.63, 3.8) is 0 Å². The van der Waals surface area contributed by atoms with E-state index >= 15 is 0 Å². The first-order valence-corrected chi connectivity index (χ1v) is 5.00. The fourth-order valence-corrected chi connectivity index (χ4v) is 1.49. The molecule has 84 valence electrons. The zero-order chi connectivity index (χ0) is 11.5. The highest BCUT2D eigenvalue weighted by molar-refractivity contribution is 5.71. The molecular weight excluding hydrogens is 206 g/mol. The molecule has 2 heterocycles. The van der Waals surface area contributed by atoms with Crippen molar-refractivity contribution in [1.29, 1.82) is 0 Å². The smallest absolute Gasteiger partial charge is 0.196 e. The van der Waals surface area contributed by atoms with Crippen molar-refractivity contribution in [3.05, 3.63) is 41.5 Å². The van der Waals surface area contributed by atoms with Crippen LogP contribution in [0.1, 0.15) is 22.1 Å². The summed E-state index contributed by atoms with van der Waals surface area (Å²) in [5.74, 6) is 2.73. The maximum absolute atomic E-state index is 10.5. The molecule has 4 nitrogen and oxygen atoms in total. The van der Waals surface area contributed by atoms with Gasteiger partial charge in [-0.25, -0.2) is 0 Å². The number of rotatable bonds is 4. The number of nitrogens with zero attached hydrogens (tertiary/aromatic N) is 1. The summed E-state index contributed by atoms with van der Waals surface area (Å²) in [6.07, 6.45) is 0.689. The summed E-state index contributed by atoms with van der Waals surface area (Å²) in [6.45, 7) is 2.51. The first kappa shape index (κ1) is 10.5. The van der Waals surface area contributed by atoms with E-state index in [1.54, 1.807) is 12.1 Å². The standard InChI is InChI=1S/C12H13NO3/c1-9-3-4-10(15-9)7-13(2)12-6-5-11(8-14)16-12/h3-6,8H,7H2,1-2H3. The van der Waals surface area contributed by atoms with Crippen LogP contribution in [-0.4, -0.2) is 13.3 Å². The molecule has 0 radical (unpaired) electrons. The predicted octanol–water partition coefficient (Wildman–Crippen LogP) is 2.63. The SMILES string of the molecule is Cc1ccc(CN(C)c2ccc(C=O)o2)o1. The molecule has 2 aromatic heterocycles. The molecular formula is C12H13NO3. The highest BCUT2D eigenvalue weighted by Gasteiger charge is 2.09. The molecule has 0 unspecified atom stereocenters. The van der Waals surface area contributed by atoms with Gasteiger partial charge in [0, 0.05) is 13.1 Å². The highest BCUT2D eigenvalue weighted by atomic mass is 16.4. The fourth-order valence-electron chi connectivity index (χ4n) is 1.49. The zero-order valence-corrected chi connectivity index (χ0v) is 9.27. The van der Waals surface area contributed by atoms with Crippen LogP contribution in [0.25, 0.3) is 0 Å². The maximum atomic E-state index is 10.5. The summed E-state index contributed by atoms with van der Waals surface area (Å²) in [6, 6.07) is 7.25. The molecule has 0 aromatic carbocycles. The quantitative estimate of drug-likeness (QED) is 0.741. The maximum Gasteiger partial charge on any atom is 0.196 e. The van der Waals surface area contributed by atoms with E-state index in [2.05, 4.69) is 0 Å². The number of carbonyl (C=O) groups is 1. The van der Waals surface area contributed by atoms with Crippen LogP contribution in [0.4, 0.5) is 5.88 Å². The van der Waals surface area contributed by atoms with Gasteiger partial charge in [-0.2, -0.15) is 0 Å². The van der Waals surface area contributed by atoms with Gasteiger partial charge in [0.1, 0.15) is 11.5 Å². The zero-order valence-electron chi connectivity index (χ0n) is 9.27. The lowest BCUT2D eigenvalue weighted by atomic mass is 10.4. The number of anilines is 1. The third-order valence-corrected chi connectivity index (χ3v) is 2.29. The van der Waals surface area contributed by atoms with Crippen molar-refractivity contribution in [1.82, 2.24) is 0 Å². The van der Waals surface area contributed by atoms with E-state index in [4.69, 9.17) is 8.83 Å². The van der Waals surface area contributed by atoms with Crippen LogP contribution < -0.4 is 4.90 Å². The summed E-state index contributed by atoms with van der Waals surface area (Å²) in [5, 5.41) is 0. The minimum Gasteiger partial charge on any atom is -0.464 e. The fraction of sp³-hybridized carbons (Fsp3) is 0.250. The number of aldehydes is 1. The summed E-state index contributed by atoms with van der Waals surface area (Å²) < 4.78 is 10.7. The Balaban J connectivity index is 2.07. The largest absolute Gasteiger partial charge is 0.464 e. The van der Waals surface area contributed by atoms with Crippen molar-refractivity contribution >= 4 is 12.2 Å². The van der Waals surface area contributed by atoms with Crippen LogP contribution in [-0.2, 0) is 6.54 Å². The Morgan fingerprint density at radius 2 is 2.06 bits per heavy atom. The van der Waals surface area contributed by atoms with Gasteiger partial charge in [-0.15, -0.1) is 0 Å². The molecule has 0 aliphatic carbocycles. The van der Waals surface area contributed by atoms with Crippen LogP contribution in [0.15, 0.2) is 33.1 Å². The van der Waals surface area contributed by atoms with E-state index in [9.17, 15) is 4.79 Å². The second-order valence-electron chi connectivity index (χ2n) is 3.66. The first-order chi connectivity index (χ1) is 7.69. The minimum absolute atomic E-state index is 0.331. The van der Waals surface area contributed by atoms with E-state index < -0.39 is 0 Å². The molecule has 4 heteroatoms. The van der Waals surface area contributed by atoms with Gasteiger partial charge in [-0.3, -0.25) is 4.79 Å². The molecule has 0 N–H and O–H groups in total. The molecule has 2 aromatic rings. The molecule has 0 aliphatic rings. The van der Waals surface area contributed by atoms with Gasteiger partial charge in [-0.05, 0) is 25.1 Å². The summed E-state index contributed by atoms with van der Waals surface area (Å²) in [4.78, 5) is 12.4. The van der Waals surface area contributed by atoms with Crippen LogP contribution in [0.2, 0.25) is 0 Å². The molecule has 0 bridgehead atoms. The molecule has 0 aliphatic heterocycles. The van der Waals surface area contributed by atoms with Gasteiger partial charge in [0.2, 0.25) is 0 Å². The van der Waals surface area contributed by atoms with Crippen LogP contribution in [0.3, 0.4) is 0 Å². The van der Waals surface area contributed by atoms with Crippen LogP contribution >= 0.6 is 0 Å². The van der Waals surface area contributed by atoms with Gasteiger partial charge >= 0.3 is 0 Å². The molecule has 0 fully saturated rings. The molecule has 2 rings (SSSR count). The predicted molar refractivity (Wildman–Crippen MR) is 59.6 cm³/mol. The number of aryl methyl sites for hydroxylation is 1. The number of furan rings is 2. The third-order valence-electron chi connectivity index (χ3n) is 2.29. The highest BCUT2D eigenvalue weighted by Crippen LogP contribution is 2.19. The van der Waals surface area contributed by atoms with Crippen molar-refractivity contribution < 1.29 is 13.6 Å². The van der Waals surface area contributed by atoms with Gasteiger partial charge in [0.05, 0.1) is 6.54 Å². The summed E-state index contributed by atoms with van der Waals surface area (Å²) >= 11 is 0. The van der Waals surface area contributed by atoms with E-state index in [1.807, 2.05) is 31.0 Å².